The molecule has 4 rings (SSSR count). The number of thioether (sulfide) groups is 1. The van der Waals surface area contributed by atoms with Gasteiger partial charge >= 0.3 is 5.97 Å². The molecule has 3 aromatic rings. The first-order valence-electron chi connectivity index (χ1n) is 8.49. The van der Waals surface area contributed by atoms with Crippen molar-refractivity contribution in [2.75, 3.05) is 4.90 Å². The lowest BCUT2D eigenvalue weighted by Gasteiger charge is -2.14. The Labute approximate surface area is 190 Å². The highest BCUT2D eigenvalue weighted by atomic mass is 35.5. The molecule has 9 heteroatoms. The van der Waals surface area contributed by atoms with Crippen molar-refractivity contribution >= 4 is 75.1 Å². The molecule has 1 aliphatic rings. The minimum Gasteiger partial charge on any atom is -0.478 e. The van der Waals surface area contributed by atoms with Gasteiger partial charge in [0.25, 0.3) is 5.91 Å². The molecule has 1 amide bonds. The molecule has 1 fully saturated rings. The van der Waals surface area contributed by atoms with Gasteiger partial charge < -0.3 is 9.52 Å². The Hall–Kier alpha value is -2.58. The van der Waals surface area contributed by atoms with E-state index in [2.05, 4.69) is 0 Å². The molecular formula is C21H11Cl2NO4S2. The number of carboxylic acid groups (broad SMARTS) is 1. The fourth-order valence-corrected chi connectivity index (χ4v) is 4.66. The number of benzene rings is 2. The highest BCUT2D eigenvalue weighted by molar-refractivity contribution is 8.27. The number of aromatic carboxylic acids is 1. The van der Waals surface area contributed by atoms with Crippen LogP contribution in [0.3, 0.4) is 0 Å². The van der Waals surface area contributed by atoms with E-state index in [9.17, 15) is 9.59 Å². The largest absolute Gasteiger partial charge is 0.478 e. The van der Waals surface area contributed by atoms with Gasteiger partial charge in [0, 0.05) is 21.7 Å². The molecule has 1 aliphatic heterocycles. The molecule has 2 heterocycles. The molecule has 30 heavy (non-hydrogen) atoms. The Morgan fingerprint density at radius 3 is 2.37 bits per heavy atom. The SMILES string of the molecule is O=C(O)c1ccc(N2C(=O)/C(=C\c3ccc(-c4cc(Cl)cc(Cl)c4)o3)SC2=S)cc1. The minimum atomic E-state index is -1.04. The lowest BCUT2D eigenvalue weighted by Crippen LogP contribution is -2.27. The third kappa shape index (κ3) is 4.15. The van der Waals surface area contributed by atoms with Crippen molar-refractivity contribution in [3.8, 4) is 11.3 Å². The molecule has 0 radical (unpaired) electrons. The van der Waals surface area contributed by atoms with Crippen LogP contribution in [-0.2, 0) is 4.79 Å². The monoisotopic (exact) mass is 475 g/mol. The van der Waals surface area contributed by atoms with Crippen LogP contribution in [0.4, 0.5) is 5.69 Å². The van der Waals surface area contributed by atoms with E-state index in [1.165, 1.54) is 17.0 Å². The summed E-state index contributed by atoms with van der Waals surface area (Å²) in [7, 11) is 0. The van der Waals surface area contributed by atoms with Crippen molar-refractivity contribution in [2.45, 2.75) is 0 Å². The molecule has 0 atom stereocenters. The van der Waals surface area contributed by atoms with E-state index < -0.39 is 5.97 Å². The molecule has 0 bridgehead atoms. The number of nitrogens with zero attached hydrogens (tertiary/aromatic N) is 1. The molecule has 1 saturated heterocycles. The topological polar surface area (TPSA) is 70.8 Å². The Bertz CT molecular complexity index is 1200. The molecule has 0 aliphatic carbocycles. The number of carboxylic acids is 1. The van der Waals surface area contributed by atoms with Crippen LogP contribution >= 0.6 is 47.2 Å². The summed E-state index contributed by atoms with van der Waals surface area (Å²) < 4.78 is 6.17. The van der Waals surface area contributed by atoms with Gasteiger partial charge in [0.1, 0.15) is 11.5 Å². The average Bonchev–Trinajstić information content (AvgIpc) is 3.26. The van der Waals surface area contributed by atoms with E-state index in [0.717, 1.165) is 17.3 Å². The van der Waals surface area contributed by atoms with Gasteiger partial charge in [-0.3, -0.25) is 9.69 Å². The number of amides is 1. The van der Waals surface area contributed by atoms with E-state index in [1.54, 1.807) is 48.5 Å². The highest BCUT2D eigenvalue weighted by Gasteiger charge is 2.33. The van der Waals surface area contributed by atoms with Crippen molar-refractivity contribution in [1.82, 2.24) is 0 Å². The van der Waals surface area contributed by atoms with Crippen LogP contribution in [0, 0.1) is 0 Å². The van der Waals surface area contributed by atoms with Crippen molar-refractivity contribution in [3.05, 3.63) is 80.9 Å². The molecule has 150 valence electrons. The van der Waals surface area contributed by atoms with Gasteiger partial charge in [-0.1, -0.05) is 47.2 Å². The summed E-state index contributed by atoms with van der Waals surface area (Å²) in [6.07, 6.45) is 1.61. The second-order valence-corrected chi connectivity index (χ2v) is 8.78. The summed E-state index contributed by atoms with van der Waals surface area (Å²) in [6, 6.07) is 14.5. The van der Waals surface area contributed by atoms with E-state index in [1.807, 2.05) is 0 Å². The number of hydrogen-bond donors (Lipinski definition) is 1. The molecule has 2 aromatic carbocycles. The number of hydrogen-bond acceptors (Lipinski definition) is 5. The Morgan fingerprint density at radius 2 is 1.73 bits per heavy atom. The van der Waals surface area contributed by atoms with Crippen molar-refractivity contribution < 1.29 is 19.1 Å². The standard InChI is InChI=1S/C21H11Cl2NO4S2/c22-13-7-12(8-14(23)9-13)17-6-5-16(28-17)10-18-19(25)24(21(29)30-18)15-3-1-11(2-4-15)20(26)27/h1-10H,(H,26,27)/b18-10+. The Kier molecular flexibility index (Phi) is 5.71. The van der Waals surface area contributed by atoms with Crippen molar-refractivity contribution in [1.29, 1.82) is 0 Å². The zero-order valence-corrected chi connectivity index (χ0v) is 18.1. The number of anilines is 1. The van der Waals surface area contributed by atoms with Gasteiger partial charge in [-0.2, -0.15) is 0 Å². The number of halogens is 2. The number of carbonyl (C=O) groups excluding carboxylic acids is 1. The first-order chi connectivity index (χ1) is 14.3. The molecule has 1 aromatic heterocycles. The van der Waals surface area contributed by atoms with E-state index >= 15 is 0 Å². The second kappa shape index (κ2) is 8.28. The van der Waals surface area contributed by atoms with Gasteiger partial charge in [-0.25, -0.2) is 4.79 Å². The summed E-state index contributed by atoms with van der Waals surface area (Å²) in [4.78, 5) is 25.6. The highest BCUT2D eigenvalue weighted by Crippen LogP contribution is 2.37. The first-order valence-corrected chi connectivity index (χ1v) is 10.5. The molecule has 5 nitrogen and oxygen atoms in total. The molecule has 1 N–H and O–H groups in total. The normalized spacial score (nSPS) is 15.3. The van der Waals surface area contributed by atoms with Gasteiger partial charge in [0.15, 0.2) is 4.32 Å². The van der Waals surface area contributed by atoms with E-state index in [0.29, 0.717) is 36.5 Å². The van der Waals surface area contributed by atoms with Crippen LogP contribution < -0.4 is 4.90 Å². The van der Waals surface area contributed by atoms with Gasteiger partial charge in [0.05, 0.1) is 16.2 Å². The number of thiocarbonyl (C=S) groups is 1. The van der Waals surface area contributed by atoms with Crippen LogP contribution in [0.5, 0.6) is 0 Å². The molecule has 0 spiro atoms. The zero-order valence-electron chi connectivity index (χ0n) is 15.0. The van der Waals surface area contributed by atoms with E-state index in [4.69, 9.17) is 44.9 Å². The Balaban J connectivity index is 1.59. The zero-order chi connectivity index (χ0) is 21.4. The van der Waals surface area contributed by atoms with Crippen LogP contribution in [-0.4, -0.2) is 21.3 Å². The summed E-state index contributed by atoms with van der Waals surface area (Å²) in [5.74, 6) is -0.313. The maximum atomic E-state index is 12.9. The van der Waals surface area contributed by atoms with Crippen LogP contribution in [0.2, 0.25) is 10.0 Å². The predicted molar refractivity (Wildman–Crippen MR) is 123 cm³/mol. The molecule has 0 unspecified atom stereocenters. The summed E-state index contributed by atoms with van der Waals surface area (Å²) in [5.41, 5.74) is 1.35. The van der Waals surface area contributed by atoms with Crippen molar-refractivity contribution in [2.24, 2.45) is 0 Å². The predicted octanol–water partition coefficient (Wildman–Crippen LogP) is 6.36. The fourth-order valence-electron chi connectivity index (χ4n) is 2.85. The summed E-state index contributed by atoms with van der Waals surface area (Å²) >= 11 is 18.6. The van der Waals surface area contributed by atoms with Crippen molar-refractivity contribution in [3.63, 3.8) is 0 Å². The summed E-state index contributed by atoms with van der Waals surface area (Å²) in [6.45, 7) is 0. The van der Waals surface area contributed by atoms with Gasteiger partial charge in [0.2, 0.25) is 0 Å². The fraction of sp³-hybridized carbons (Fsp3) is 0. The number of carbonyl (C=O) groups is 2. The van der Waals surface area contributed by atoms with Gasteiger partial charge in [-0.15, -0.1) is 0 Å². The smallest absolute Gasteiger partial charge is 0.335 e. The second-order valence-electron chi connectivity index (χ2n) is 6.23. The van der Waals surface area contributed by atoms with Gasteiger partial charge in [-0.05, 0) is 54.6 Å². The van der Waals surface area contributed by atoms with Crippen LogP contribution in [0.25, 0.3) is 17.4 Å². The third-order valence-corrected chi connectivity index (χ3v) is 5.95. The number of furan rings is 1. The maximum Gasteiger partial charge on any atom is 0.335 e. The average molecular weight is 476 g/mol. The van der Waals surface area contributed by atoms with Crippen LogP contribution in [0.1, 0.15) is 16.1 Å². The lowest BCUT2D eigenvalue weighted by atomic mass is 10.2. The first kappa shape index (κ1) is 20.7. The molecular weight excluding hydrogens is 465 g/mol. The maximum absolute atomic E-state index is 12.9. The quantitative estimate of drug-likeness (QED) is 0.349. The summed E-state index contributed by atoms with van der Waals surface area (Å²) in [5, 5.41) is 10.0. The lowest BCUT2D eigenvalue weighted by molar-refractivity contribution is -0.113. The third-order valence-electron chi connectivity index (χ3n) is 4.21. The number of rotatable bonds is 4. The van der Waals surface area contributed by atoms with E-state index in [-0.39, 0.29) is 11.5 Å². The van der Waals surface area contributed by atoms with Crippen LogP contribution in [0.15, 0.2) is 63.9 Å². The molecule has 0 saturated carbocycles. The Morgan fingerprint density at radius 1 is 1.07 bits per heavy atom. The minimum absolute atomic E-state index is 0.129.